The number of rotatable bonds is 3. The summed E-state index contributed by atoms with van der Waals surface area (Å²) in [4.78, 5) is 25.4. The molecule has 100 valence electrons. The minimum Gasteiger partial charge on any atom is -0.335 e. The van der Waals surface area contributed by atoms with Gasteiger partial charge in [0.25, 0.3) is 0 Å². The Kier molecular flexibility index (Phi) is 4.70. The first-order valence-electron chi connectivity index (χ1n) is 6.53. The highest BCUT2D eigenvalue weighted by Gasteiger charge is 2.15. The lowest BCUT2D eigenvalue weighted by molar-refractivity contribution is 0.244. The van der Waals surface area contributed by atoms with E-state index >= 15 is 0 Å². The van der Waals surface area contributed by atoms with Gasteiger partial charge in [0.05, 0.1) is 5.69 Å². The fraction of sp³-hybridized carbons (Fsp3) is 0.429. The topological polar surface area (TPSA) is 70.6 Å². The normalized spacial score (nSPS) is 15.4. The van der Waals surface area contributed by atoms with Gasteiger partial charge in [-0.15, -0.1) is 0 Å². The number of hydrogen-bond acceptors (Lipinski definition) is 3. The number of carbonyl (C=O) groups is 1. The molecule has 1 fully saturated rings. The standard InChI is InChI=1S/C14H17N3O2/c18-10-15-11-6-8-13(9-7-11)17-14(19)16-12-4-2-1-3-5-12/h6-9,12H,1-5H2,(H2,16,17,19). The summed E-state index contributed by atoms with van der Waals surface area (Å²) >= 11 is 0. The summed E-state index contributed by atoms with van der Waals surface area (Å²) in [7, 11) is 0. The Morgan fingerprint density at radius 1 is 1.16 bits per heavy atom. The van der Waals surface area contributed by atoms with Crippen LogP contribution in [0, 0.1) is 0 Å². The van der Waals surface area contributed by atoms with Crippen LogP contribution in [0.2, 0.25) is 0 Å². The first-order chi connectivity index (χ1) is 9.28. The van der Waals surface area contributed by atoms with Crippen molar-refractivity contribution in [2.75, 3.05) is 5.32 Å². The largest absolute Gasteiger partial charge is 0.335 e. The molecule has 1 aromatic rings. The van der Waals surface area contributed by atoms with Gasteiger partial charge in [-0.25, -0.2) is 9.59 Å². The van der Waals surface area contributed by atoms with E-state index in [2.05, 4.69) is 15.6 Å². The molecule has 0 atom stereocenters. The van der Waals surface area contributed by atoms with Gasteiger partial charge in [0.2, 0.25) is 6.08 Å². The van der Waals surface area contributed by atoms with Gasteiger partial charge in [0.15, 0.2) is 0 Å². The zero-order valence-corrected chi connectivity index (χ0v) is 10.7. The molecular formula is C14H17N3O2. The van der Waals surface area contributed by atoms with E-state index in [1.54, 1.807) is 24.3 Å². The monoisotopic (exact) mass is 259 g/mol. The van der Waals surface area contributed by atoms with Crippen LogP contribution >= 0.6 is 0 Å². The molecule has 0 bridgehead atoms. The van der Waals surface area contributed by atoms with E-state index in [-0.39, 0.29) is 12.1 Å². The molecule has 0 saturated heterocycles. The van der Waals surface area contributed by atoms with Gasteiger partial charge in [-0.3, -0.25) is 0 Å². The van der Waals surface area contributed by atoms with Crippen molar-refractivity contribution in [2.24, 2.45) is 4.99 Å². The molecule has 2 amide bonds. The van der Waals surface area contributed by atoms with Crippen LogP contribution in [-0.4, -0.2) is 18.2 Å². The maximum absolute atomic E-state index is 11.8. The van der Waals surface area contributed by atoms with Crippen LogP contribution in [0.5, 0.6) is 0 Å². The Hall–Kier alpha value is -2.13. The van der Waals surface area contributed by atoms with Crippen LogP contribution in [-0.2, 0) is 4.79 Å². The fourth-order valence-electron chi connectivity index (χ4n) is 2.27. The summed E-state index contributed by atoms with van der Waals surface area (Å²) in [5, 5.41) is 5.74. The van der Waals surface area contributed by atoms with Crippen LogP contribution in [0.4, 0.5) is 16.2 Å². The summed E-state index contributed by atoms with van der Waals surface area (Å²) in [6.07, 6.45) is 7.22. The van der Waals surface area contributed by atoms with Gasteiger partial charge >= 0.3 is 6.03 Å². The molecule has 0 spiro atoms. The highest BCUT2D eigenvalue weighted by atomic mass is 16.2. The summed E-state index contributed by atoms with van der Waals surface area (Å²) in [5.74, 6) is 0. The number of hydrogen-bond donors (Lipinski definition) is 2. The number of aliphatic imine (C=N–C) groups is 1. The Morgan fingerprint density at radius 2 is 1.84 bits per heavy atom. The van der Waals surface area contributed by atoms with Crippen molar-refractivity contribution in [1.82, 2.24) is 5.32 Å². The van der Waals surface area contributed by atoms with Crippen molar-refractivity contribution in [1.29, 1.82) is 0 Å². The highest BCUT2D eigenvalue weighted by molar-refractivity contribution is 5.89. The first kappa shape index (κ1) is 13.3. The average Bonchev–Trinajstić information content (AvgIpc) is 2.42. The Balaban J connectivity index is 1.85. The molecule has 0 unspecified atom stereocenters. The van der Waals surface area contributed by atoms with E-state index in [0.717, 1.165) is 12.8 Å². The van der Waals surface area contributed by atoms with Crippen LogP contribution < -0.4 is 10.6 Å². The molecule has 2 rings (SSSR count). The number of anilines is 1. The van der Waals surface area contributed by atoms with Crippen LogP contribution in [0.15, 0.2) is 29.3 Å². The number of benzene rings is 1. The zero-order chi connectivity index (χ0) is 13.5. The molecule has 0 aromatic heterocycles. The van der Waals surface area contributed by atoms with Crippen molar-refractivity contribution in [3.05, 3.63) is 24.3 Å². The molecular weight excluding hydrogens is 242 g/mol. The molecule has 0 heterocycles. The summed E-state index contributed by atoms with van der Waals surface area (Å²) in [6.45, 7) is 0. The molecule has 2 N–H and O–H groups in total. The second-order valence-corrected chi connectivity index (χ2v) is 4.68. The maximum atomic E-state index is 11.8. The second-order valence-electron chi connectivity index (χ2n) is 4.68. The predicted octanol–water partition coefficient (Wildman–Crippen LogP) is 3.11. The zero-order valence-electron chi connectivity index (χ0n) is 10.7. The lowest BCUT2D eigenvalue weighted by atomic mass is 9.96. The smallest absolute Gasteiger partial charge is 0.319 e. The number of nitrogens with one attached hydrogen (secondary N) is 2. The third kappa shape index (κ3) is 4.23. The minimum absolute atomic E-state index is 0.182. The average molecular weight is 259 g/mol. The molecule has 0 aliphatic heterocycles. The van der Waals surface area contributed by atoms with Gasteiger partial charge in [0, 0.05) is 11.7 Å². The van der Waals surface area contributed by atoms with Gasteiger partial charge in [-0.2, -0.15) is 4.99 Å². The molecule has 1 saturated carbocycles. The van der Waals surface area contributed by atoms with Crippen molar-refractivity contribution in [2.45, 2.75) is 38.1 Å². The van der Waals surface area contributed by atoms with E-state index in [9.17, 15) is 9.59 Å². The van der Waals surface area contributed by atoms with E-state index in [0.29, 0.717) is 11.4 Å². The Morgan fingerprint density at radius 3 is 2.47 bits per heavy atom. The van der Waals surface area contributed by atoms with E-state index < -0.39 is 0 Å². The van der Waals surface area contributed by atoms with Gasteiger partial charge in [-0.05, 0) is 37.1 Å². The van der Waals surface area contributed by atoms with E-state index in [1.807, 2.05) is 0 Å². The van der Waals surface area contributed by atoms with Gasteiger partial charge in [-0.1, -0.05) is 19.3 Å². The molecule has 1 aliphatic carbocycles. The molecule has 19 heavy (non-hydrogen) atoms. The highest BCUT2D eigenvalue weighted by Crippen LogP contribution is 2.18. The second kappa shape index (κ2) is 6.71. The summed E-state index contributed by atoms with van der Waals surface area (Å²) in [6, 6.07) is 6.82. The SMILES string of the molecule is O=C=Nc1ccc(NC(=O)NC2CCCCC2)cc1. The maximum Gasteiger partial charge on any atom is 0.319 e. The van der Waals surface area contributed by atoms with Crippen molar-refractivity contribution >= 4 is 23.5 Å². The van der Waals surface area contributed by atoms with Crippen LogP contribution in [0.1, 0.15) is 32.1 Å². The molecule has 0 radical (unpaired) electrons. The molecule has 1 aromatic carbocycles. The quantitative estimate of drug-likeness (QED) is 0.646. The molecule has 5 nitrogen and oxygen atoms in total. The fourth-order valence-corrected chi connectivity index (χ4v) is 2.27. The number of amides is 2. The van der Waals surface area contributed by atoms with Crippen molar-refractivity contribution in [3.63, 3.8) is 0 Å². The van der Waals surface area contributed by atoms with Crippen molar-refractivity contribution < 1.29 is 9.59 Å². The Labute approximate surface area is 112 Å². The summed E-state index contributed by atoms with van der Waals surface area (Å²) in [5.41, 5.74) is 1.20. The number of nitrogens with zero attached hydrogens (tertiary/aromatic N) is 1. The van der Waals surface area contributed by atoms with Gasteiger partial charge < -0.3 is 10.6 Å². The van der Waals surface area contributed by atoms with Crippen LogP contribution in [0.3, 0.4) is 0 Å². The summed E-state index contributed by atoms with van der Waals surface area (Å²) < 4.78 is 0. The van der Waals surface area contributed by atoms with E-state index in [1.165, 1.54) is 25.3 Å². The Bertz CT molecular complexity index is 472. The number of urea groups is 1. The molecule has 5 heteroatoms. The van der Waals surface area contributed by atoms with Crippen LogP contribution in [0.25, 0.3) is 0 Å². The molecule has 1 aliphatic rings. The third-order valence-corrected chi connectivity index (χ3v) is 3.24. The van der Waals surface area contributed by atoms with Crippen molar-refractivity contribution in [3.8, 4) is 0 Å². The lowest BCUT2D eigenvalue weighted by Crippen LogP contribution is -2.38. The lowest BCUT2D eigenvalue weighted by Gasteiger charge is -2.22. The predicted molar refractivity (Wildman–Crippen MR) is 73.3 cm³/mol. The first-order valence-corrected chi connectivity index (χ1v) is 6.53. The number of isocyanates is 1. The minimum atomic E-state index is -0.182. The third-order valence-electron chi connectivity index (χ3n) is 3.24. The van der Waals surface area contributed by atoms with E-state index in [4.69, 9.17) is 0 Å². The number of carbonyl (C=O) groups excluding carboxylic acids is 2. The van der Waals surface area contributed by atoms with Gasteiger partial charge in [0.1, 0.15) is 0 Å².